The lowest BCUT2D eigenvalue weighted by Crippen LogP contribution is -2.16. The molecule has 5 heteroatoms. The van der Waals surface area contributed by atoms with Gasteiger partial charge in [0.05, 0.1) is 13.5 Å². The molecular formula is C19H22N2O3. The van der Waals surface area contributed by atoms with Gasteiger partial charge in [0.15, 0.2) is 0 Å². The fraction of sp³-hybridized carbons (Fsp3) is 0.263. The van der Waals surface area contributed by atoms with Crippen molar-refractivity contribution in [1.29, 1.82) is 0 Å². The third-order valence-corrected chi connectivity index (χ3v) is 3.62. The molecule has 2 aromatic rings. The van der Waals surface area contributed by atoms with E-state index in [4.69, 9.17) is 4.74 Å². The van der Waals surface area contributed by atoms with Crippen LogP contribution in [0.15, 0.2) is 42.5 Å². The molecule has 0 saturated carbocycles. The molecule has 0 aliphatic carbocycles. The molecule has 2 rings (SSSR count). The highest BCUT2D eigenvalue weighted by Gasteiger charge is 2.08. The number of ether oxygens (including phenoxy) is 1. The van der Waals surface area contributed by atoms with Crippen LogP contribution in [0.2, 0.25) is 0 Å². The van der Waals surface area contributed by atoms with Crippen molar-refractivity contribution in [3.05, 3.63) is 53.6 Å². The molecule has 0 spiro atoms. The summed E-state index contributed by atoms with van der Waals surface area (Å²) < 4.78 is 5.17. The lowest BCUT2D eigenvalue weighted by molar-refractivity contribution is -0.116. The maximum absolute atomic E-state index is 12.3. The maximum atomic E-state index is 12.3. The summed E-state index contributed by atoms with van der Waals surface area (Å²) in [5.41, 5.74) is 3.17. The van der Waals surface area contributed by atoms with Crippen LogP contribution >= 0.6 is 0 Å². The molecule has 0 radical (unpaired) electrons. The van der Waals surface area contributed by atoms with Crippen LogP contribution in [0.1, 0.15) is 24.5 Å². The molecule has 2 amide bonds. The minimum atomic E-state index is -0.120. The molecule has 5 nitrogen and oxygen atoms in total. The summed E-state index contributed by atoms with van der Waals surface area (Å²) in [7, 11) is 1.60. The smallest absolute Gasteiger partial charge is 0.228 e. The zero-order valence-electron chi connectivity index (χ0n) is 14.2. The number of nitrogens with one attached hydrogen (secondary N) is 2. The molecule has 0 aliphatic heterocycles. The van der Waals surface area contributed by atoms with Crippen LogP contribution in [0, 0.1) is 6.92 Å². The van der Waals surface area contributed by atoms with Gasteiger partial charge in [0.25, 0.3) is 0 Å². The highest BCUT2D eigenvalue weighted by atomic mass is 16.5. The van der Waals surface area contributed by atoms with E-state index < -0.39 is 0 Å². The number of hydrogen-bond acceptors (Lipinski definition) is 3. The molecule has 0 aromatic heterocycles. The van der Waals surface area contributed by atoms with Gasteiger partial charge in [-0.3, -0.25) is 9.59 Å². The second-order valence-corrected chi connectivity index (χ2v) is 5.51. The first-order valence-corrected chi connectivity index (χ1v) is 7.85. The number of amides is 2. The minimum absolute atomic E-state index is 0.0625. The summed E-state index contributed by atoms with van der Waals surface area (Å²) in [4.78, 5) is 23.8. The predicted molar refractivity (Wildman–Crippen MR) is 95.4 cm³/mol. The first-order valence-electron chi connectivity index (χ1n) is 7.85. The summed E-state index contributed by atoms with van der Waals surface area (Å²) in [6.07, 6.45) is 0.660. The molecule has 0 fully saturated rings. The normalized spacial score (nSPS) is 10.1. The molecule has 24 heavy (non-hydrogen) atoms. The minimum Gasteiger partial charge on any atom is -0.497 e. The van der Waals surface area contributed by atoms with E-state index in [0.717, 1.165) is 16.9 Å². The molecule has 2 N–H and O–H groups in total. The van der Waals surface area contributed by atoms with Crippen molar-refractivity contribution >= 4 is 23.2 Å². The summed E-state index contributed by atoms with van der Waals surface area (Å²) >= 11 is 0. The van der Waals surface area contributed by atoms with Gasteiger partial charge in [-0.15, -0.1) is 0 Å². The second kappa shape index (κ2) is 8.15. The highest BCUT2D eigenvalue weighted by molar-refractivity contribution is 5.95. The predicted octanol–water partition coefficient (Wildman–Crippen LogP) is 3.53. The second-order valence-electron chi connectivity index (χ2n) is 5.51. The van der Waals surface area contributed by atoms with Crippen LogP contribution in [0.3, 0.4) is 0 Å². The molecule has 0 aliphatic rings. The van der Waals surface area contributed by atoms with Gasteiger partial charge in [0.1, 0.15) is 5.75 Å². The molecule has 0 saturated heterocycles. The van der Waals surface area contributed by atoms with Crippen molar-refractivity contribution < 1.29 is 14.3 Å². The molecular weight excluding hydrogens is 304 g/mol. The van der Waals surface area contributed by atoms with E-state index in [1.54, 1.807) is 20.1 Å². The van der Waals surface area contributed by atoms with Gasteiger partial charge in [0.2, 0.25) is 11.8 Å². The lowest BCUT2D eigenvalue weighted by Gasteiger charge is -2.12. The first kappa shape index (κ1) is 17.5. The molecule has 0 atom stereocenters. The third-order valence-electron chi connectivity index (χ3n) is 3.62. The monoisotopic (exact) mass is 326 g/mol. The third kappa shape index (κ3) is 4.84. The van der Waals surface area contributed by atoms with Gasteiger partial charge in [-0.2, -0.15) is 0 Å². The number of hydrogen-bond donors (Lipinski definition) is 2. The standard InChI is InChI=1S/C19H22N2O3/c1-4-18(22)20-15-9-8-13(2)17(12-15)21-19(23)11-14-6-5-7-16(10-14)24-3/h5-10,12H,4,11H2,1-3H3,(H,20,22)(H,21,23). The van der Waals surface area contributed by atoms with Crippen LogP contribution in [0.25, 0.3) is 0 Å². The zero-order valence-corrected chi connectivity index (χ0v) is 14.2. The van der Waals surface area contributed by atoms with Gasteiger partial charge < -0.3 is 15.4 Å². The topological polar surface area (TPSA) is 67.4 Å². The van der Waals surface area contributed by atoms with Crippen molar-refractivity contribution in [2.75, 3.05) is 17.7 Å². The summed E-state index contributed by atoms with van der Waals surface area (Å²) in [6, 6.07) is 12.9. The molecule has 2 aromatic carbocycles. The Morgan fingerprint density at radius 2 is 1.83 bits per heavy atom. The number of benzene rings is 2. The van der Waals surface area contributed by atoms with E-state index >= 15 is 0 Å². The Morgan fingerprint density at radius 1 is 1.04 bits per heavy atom. The van der Waals surface area contributed by atoms with E-state index in [9.17, 15) is 9.59 Å². The van der Waals surface area contributed by atoms with Gasteiger partial charge in [-0.05, 0) is 42.3 Å². The lowest BCUT2D eigenvalue weighted by atomic mass is 10.1. The van der Waals surface area contributed by atoms with E-state index in [0.29, 0.717) is 17.8 Å². The molecule has 126 valence electrons. The van der Waals surface area contributed by atoms with Gasteiger partial charge in [-0.25, -0.2) is 0 Å². The Kier molecular flexibility index (Phi) is 5.95. The number of methoxy groups -OCH3 is 1. The number of aryl methyl sites for hydroxylation is 1. The summed E-state index contributed by atoms with van der Waals surface area (Å²) in [5.74, 6) is 0.540. The average Bonchev–Trinajstić information content (AvgIpc) is 2.57. The summed E-state index contributed by atoms with van der Waals surface area (Å²) in [6.45, 7) is 3.70. The Hall–Kier alpha value is -2.82. The maximum Gasteiger partial charge on any atom is 0.228 e. The Labute approximate surface area is 142 Å². The Balaban J connectivity index is 2.07. The zero-order chi connectivity index (χ0) is 17.5. The number of anilines is 2. The van der Waals surface area contributed by atoms with Crippen molar-refractivity contribution in [2.45, 2.75) is 26.7 Å². The number of carbonyl (C=O) groups excluding carboxylic acids is 2. The van der Waals surface area contributed by atoms with Crippen molar-refractivity contribution in [1.82, 2.24) is 0 Å². The molecule has 0 heterocycles. The Bertz CT molecular complexity index is 741. The molecule has 0 bridgehead atoms. The van der Waals surface area contributed by atoms with E-state index in [1.807, 2.05) is 43.3 Å². The first-order chi connectivity index (χ1) is 11.5. The average molecular weight is 326 g/mol. The van der Waals surface area contributed by atoms with Crippen LogP contribution in [-0.2, 0) is 16.0 Å². The van der Waals surface area contributed by atoms with Crippen molar-refractivity contribution in [2.24, 2.45) is 0 Å². The van der Waals surface area contributed by atoms with Crippen LogP contribution in [-0.4, -0.2) is 18.9 Å². The number of rotatable bonds is 6. The largest absolute Gasteiger partial charge is 0.497 e. The molecule has 0 unspecified atom stereocenters. The van der Waals surface area contributed by atoms with Crippen molar-refractivity contribution in [3.63, 3.8) is 0 Å². The summed E-state index contributed by atoms with van der Waals surface area (Å²) in [5, 5.41) is 5.69. The SMILES string of the molecule is CCC(=O)Nc1ccc(C)c(NC(=O)Cc2cccc(OC)c2)c1. The van der Waals surface area contributed by atoms with Gasteiger partial charge in [-0.1, -0.05) is 25.1 Å². The van der Waals surface area contributed by atoms with E-state index in [2.05, 4.69) is 10.6 Å². The van der Waals surface area contributed by atoms with Crippen LogP contribution in [0.4, 0.5) is 11.4 Å². The van der Waals surface area contributed by atoms with Gasteiger partial charge in [0, 0.05) is 17.8 Å². The van der Waals surface area contributed by atoms with E-state index in [1.165, 1.54) is 0 Å². The quantitative estimate of drug-likeness (QED) is 0.853. The fourth-order valence-corrected chi connectivity index (χ4v) is 2.25. The fourth-order valence-electron chi connectivity index (χ4n) is 2.25. The number of carbonyl (C=O) groups is 2. The highest BCUT2D eigenvalue weighted by Crippen LogP contribution is 2.21. The Morgan fingerprint density at radius 3 is 2.54 bits per heavy atom. The van der Waals surface area contributed by atoms with Crippen LogP contribution < -0.4 is 15.4 Å². The van der Waals surface area contributed by atoms with Crippen molar-refractivity contribution in [3.8, 4) is 5.75 Å². The van der Waals surface area contributed by atoms with Crippen LogP contribution in [0.5, 0.6) is 5.75 Å². The van der Waals surface area contributed by atoms with Gasteiger partial charge >= 0.3 is 0 Å². The van der Waals surface area contributed by atoms with E-state index in [-0.39, 0.29) is 18.2 Å².